The smallest absolute Gasteiger partial charge is 0.414 e. The van der Waals surface area contributed by atoms with Gasteiger partial charge in [-0.25, -0.2) is 13.6 Å². The number of hydrogen-bond donors (Lipinski definition) is 1. The average Bonchev–Trinajstić information content (AvgIpc) is 2.97. The average molecular weight is 415 g/mol. The number of halogens is 2. The Bertz CT molecular complexity index is 757. The maximum atomic E-state index is 14.8. The fourth-order valence-corrected chi connectivity index (χ4v) is 4.48. The molecule has 1 aromatic rings. The van der Waals surface area contributed by atoms with Gasteiger partial charge in [-0.15, -0.1) is 0 Å². The van der Waals surface area contributed by atoms with Gasteiger partial charge in [-0.2, -0.15) is 0 Å². The molecule has 2 amide bonds. The number of hydrogen-bond acceptors (Lipinski definition) is 5. The zero-order valence-corrected chi connectivity index (χ0v) is 16.4. The highest BCUT2D eigenvalue weighted by molar-refractivity contribution is 7.84. The van der Waals surface area contributed by atoms with Crippen LogP contribution in [0.4, 0.5) is 25.0 Å². The van der Waals surface area contributed by atoms with Crippen LogP contribution in [-0.2, 0) is 20.3 Å². The van der Waals surface area contributed by atoms with Crippen LogP contribution in [0.1, 0.15) is 19.8 Å². The van der Waals surface area contributed by atoms with Crippen LogP contribution in [-0.4, -0.2) is 60.0 Å². The summed E-state index contributed by atoms with van der Waals surface area (Å²) in [6.07, 6.45) is -0.111. The Morgan fingerprint density at radius 3 is 2.43 bits per heavy atom. The van der Waals surface area contributed by atoms with Gasteiger partial charge in [-0.05, 0) is 12.8 Å². The third-order valence-corrected chi connectivity index (χ3v) is 6.17. The minimum atomic E-state index is -0.867. The van der Waals surface area contributed by atoms with Crippen LogP contribution >= 0.6 is 0 Å². The summed E-state index contributed by atoms with van der Waals surface area (Å²) in [5.41, 5.74) is -0.0546. The minimum Gasteiger partial charge on any atom is -0.442 e. The molecule has 0 bridgehead atoms. The van der Waals surface area contributed by atoms with Gasteiger partial charge in [0.05, 0.1) is 18.8 Å². The molecule has 2 aliphatic rings. The summed E-state index contributed by atoms with van der Waals surface area (Å²) in [4.78, 5) is 25.8. The molecule has 3 rings (SSSR count). The van der Waals surface area contributed by atoms with E-state index in [0.717, 1.165) is 17.0 Å². The van der Waals surface area contributed by atoms with Gasteiger partial charge in [0.1, 0.15) is 11.8 Å². The van der Waals surface area contributed by atoms with Crippen LogP contribution in [0.15, 0.2) is 12.1 Å². The van der Waals surface area contributed by atoms with Gasteiger partial charge in [0.25, 0.3) is 0 Å². The number of cyclic esters (lactones) is 1. The zero-order chi connectivity index (χ0) is 20.3. The summed E-state index contributed by atoms with van der Waals surface area (Å²) in [5.74, 6) is -0.724. The van der Waals surface area contributed by atoms with Gasteiger partial charge < -0.3 is 15.0 Å². The third kappa shape index (κ3) is 4.78. The van der Waals surface area contributed by atoms with E-state index >= 15 is 0 Å². The topological polar surface area (TPSA) is 79.0 Å². The van der Waals surface area contributed by atoms with Crippen molar-refractivity contribution in [3.63, 3.8) is 0 Å². The van der Waals surface area contributed by atoms with E-state index < -0.39 is 34.6 Å². The normalized spacial score (nSPS) is 21.2. The van der Waals surface area contributed by atoms with Crippen LogP contribution in [0, 0.1) is 11.6 Å². The highest BCUT2D eigenvalue weighted by Crippen LogP contribution is 2.31. The van der Waals surface area contributed by atoms with Crippen molar-refractivity contribution in [3.8, 4) is 0 Å². The molecule has 28 heavy (non-hydrogen) atoms. The number of ether oxygens (including phenoxy) is 1. The van der Waals surface area contributed by atoms with Crippen molar-refractivity contribution in [2.24, 2.45) is 0 Å². The first-order chi connectivity index (χ1) is 13.3. The molecule has 2 heterocycles. The van der Waals surface area contributed by atoms with Gasteiger partial charge in [0.15, 0.2) is 11.6 Å². The second-order valence-corrected chi connectivity index (χ2v) is 8.55. The lowest BCUT2D eigenvalue weighted by atomic mass is 10.2. The highest BCUT2D eigenvalue weighted by atomic mass is 32.2. The maximum absolute atomic E-state index is 14.8. The number of amides is 2. The van der Waals surface area contributed by atoms with Gasteiger partial charge in [-0.1, -0.05) is 0 Å². The van der Waals surface area contributed by atoms with Crippen molar-refractivity contribution >= 4 is 34.2 Å². The first-order valence-electron chi connectivity index (χ1n) is 9.16. The van der Waals surface area contributed by atoms with Crippen LogP contribution < -0.4 is 15.1 Å². The summed E-state index contributed by atoms with van der Waals surface area (Å²) in [6.45, 7) is 2.41. The Morgan fingerprint density at radius 2 is 1.86 bits per heavy atom. The number of nitrogens with zero attached hydrogens (tertiary/aromatic N) is 2. The predicted molar refractivity (Wildman–Crippen MR) is 102 cm³/mol. The number of carbonyl (C=O) groups is 2. The largest absolute Gasteiger partial charge is 0.442 e. The van der Waals surface area contributed by atoms with E-state index in [0.29, 0.717) is 37.4 Å². The summed E-state index contributed by atoms with van der Waals surface area (Å²) < 4.78 is 46.3. The van der Waals surface area contributed by atoms with E-state index in [1.165, 1.54) is 6.92 Å². The van der Waals surface area contributed by atoms with E-state index in [2.05, 4.69) is 5.32 Å². The lowest BCUT2D eigenvalue weighted by molar-refractivity contribution is -0.119. The molecule has 0 aliphatic carbocycles. The SMILES string of the molecule is CC(=O)NCC1CN(c2cc(F)c(N3CCCS(=O)CCC3)c(F)c2)C(=O)O1. The molecule has 1 aromatic carbocycles. The van der Waals surface area contributed by atoms with Gasteiger partial charge in [0.2, 0.25) is 5.91 Å². The van der Waals surface area contributed by atoms with Gasteiger partial charge in [0, 0.05) is 54.5 Å². The minimum absolute atomic E-state index is 0.0715. The first-order valence-corrected chi connectivity index (χ1v) is 10.7. The molecule has 2 fully saturated rings. The van der Waals surface area contributed by atoms with E-state index in [1.54, 1.807) is 4.90 Å². The Kier molecular flexibility index (Phi) is 6.48. The molecule has 7 nitrogen and oxygen atoms in total. The summed E-state index contributed by atoms with van der Waals surface area (Å²) in [7, 11) is -0.867. The monoisotopic (exact) mass is 415 g/mol. The van der Waals surface area contributed by atoms with Crippen molar-refractivity contribution in [3.05, 3.63) is 23.8 Å². The predicted octanol–water partition coefficient (Wildman–Crippen LogP) is 1.77. The number of nitrogens with one attached hydrogen (secondary N) is 1. The molecule has 154 valence electrons. The molecule has 2 aliphatic heterocycles. The molecule has 1 unspecified atom stereocenters. The van der Waals surface area contributed by atoms with Crippen LogP contribution in [0.2, 0.25) is 0 Å². The van der Waals surface area contributed by atoms with Crippen LogP contribution in [0.5, 0.6) is 0 Å². The molecule has 0 aromatic heterocycles. The molecule has 10 heteroatoms. The third-order valence-electron chi connectivity index (χ3n) is 4.68. The number of benzene rings is 1. The first kappa shape index (κ1) is 20.5. The Labute approximate surface area is 164 Å². The summed E-state index contributed by atoms with van der Waals surface area (Å²) >= 11 is 0. The second-order valence-electron chi connectivity index (χ2n) is 6.85. The van der Waals surface area contributed by atoms with Crippen molar-refractivity contribution < 1.29 is 27.3 Å². The molecule has 1 atom stereocenters. The van der Waals surface area contributed by atoms with E-state index in [1.807, 2.05) is 0 Å². The molecule has 0 saturated carbocycles. The number of carbonyl (C=O) groups excluding carboxylic acids is 2. The Balaban J connectivity index is 1.75. The molecule has 0 spiro atoms. The molecular weight excluding hydrogens is 392 g/mol. The van der Waals surface area contributed by atoms with Gasteiger partial charge >= 0.3 is 6.09 Å². The van der Waals surface area contributed by atoms with Crippen molar-refractivity contribution in [1.29, 1.82) is 0 Å². The Hall–Kier alpha value is -2.23. The van der Waals surface area contributed by atoms with Crippen molar-refractivity contribution in [1.82, 2.24) is 5.32 Å². The maximum Gasteiger partial charge on any atom is 0.414 e. The lowest BCUT2D eigenvalue weighted by Crippen LogP contribution is -2.33. The van der Waals surface area contributed by atoms with Gasteiger partial charge in [-0.3, -0.25) is 13.9 Å². The van der Waals surface area contributed by atoms with E-state index in [4.69, 9.17) is 4.74 Å². The van der Waals surface area contributed by atoms with Crippen molar-refractivity contribution in [2.45, 2.75) is 25.9 Å². The standard InChI is InChI=1S/C18H23F2N3O4S/c1-12(24)21-10-14-11-23(18(25)27-14)13-8-15(19)17(16(20)9-13)22-4-2-6-28(26)7-3-5-22/h8-9,14H,2-7,10-11H2,1H3,(H,21,24). The summed E-state index contributed by atoms with van der Waals surface area (Å²) in [6, 6.07) is 2.24. The fourth-order valence-electron chi connectivity index (χ4n) is 3.38. The van der Waals surface area contributed by atoms with E-state index in [-0.39, 0.29) is 30.4 Å². The second kappa shape index (κ2) is 8.85. The van der Waals surface area contributed by atoms with Crippen LogP contribution in [0.3, 0.4) is 0 Å². The number of anilines is 2. The fraction of sp³-hybridized carbons (Fsp3) is 0.556. The zero-order valence-electron chi connectivity index (χ0n) is 15.6. The molecular formula is C18H23F2N3O4S. The number of rotatable bonds is 4. The highest BCUT2D eigenvalue weighted by Gasteiger charge is 2.33. The molecule has 0 radical (unpaired) electrons. The quantitative estimate of drug-likeness (QED) is 0.811. The van der Waals surface area contributed by atoms with Crippen LogP contribution in [0.25, 0.3) is 0 Å². The summed E-state index contributed by atoms with van der Waals surface area (Å²) in [5, 5.41) is 2.55. The lowest BCUT2D eigenvalue weighted by Gasteiger charge is -2.28. The van der Waals surface area contributed by atoms with Crippen molar-refractivity contribution in [2.75, 3.05) is 47.5 Å². The molecule has 1 N–H and O–H groups in total. The molecule has 2 saturated heterocycles. The Morgan fingerprint density at radius 1 is 1.25 bits per heavy atom. The van der Waals surface area contributed by atoms with E-state index in [9.17, 15) is 22.6 Å².